The molecule has 2 saturated heterocycles. The maximum Gasteiger partial charge on any atom is 0.224 e. The lowest BCUT2D eigenvalue weighted by molar-refractivity contribution is -0.138. The summed E-state index contributed by atoms with van der Waals surface area (Å²) in [5.74, 6) is 0.982. The molecule has 29 heavy (non-hydrogen) atoms. The van der Waals surface area contributed by atoms with Gasteiger partial charge in [-0.3, -0.25) is 9.48 Å². The van der Waals surface area contributed by atoms with Crippen LogP contribution in [0.2, 0.25) is 0 Å². The Balaban J connectivity index is 1.43. The Morgan fingerprint density at radius 1 is 1.17 bits per heavy atom. The molecule has 0 saturated carbocycles. The highest BCUT2D eigenvalue weighted by Gasteiger charge is 2.46. The molecule has 2 atom stereocenters. The van der Waals surface area contributed by atoms with E-state index in [9.17, 15) is 9.90 Å². The lowest BCUT2D eigenvalue weighted by atomic mass is 9.71. The second kappa shape index (κ2) is 8.10. The average Bonchev–Trinajstić information content (AvgIpc) is 3.14. The van der Waals surface area contributed by atoms with Crippen LogP contribution in [0, 0.1) is 19.3 Å². The summed E-state index contributed by atoms with van der Waals surface area (Å²) in [4.78, 5) is 17.0. The average molecular weight is 399 g/mol. The van der Waals surface area contributed by atoms with Crippen molar-refractivity contribution < 1.29 is 9.90 Å². The molecule has 8 nitrogen and oxygen atoms in total. The molecule has 2 aromatic heterocycles. The first-order chi connectivity index (χ1) is 13.9. The lowest BCUT2D eigenvalue weighted by Crippen LogP contribution is -2.60. The van der Waals surface area contributed by atoms with Crippen LogP contribution in [0.4, 0.5) is 5.82 Å². The van der Waals surface area contributed by atoms with Crippen LogP contribution in [-0.4, -0.2) is 68.2 Å². The Kier molecular flexibility index (Phi) is 5.54. The van der Waals surface area contributed by atoms with Crippen LogP contribution in [0.25, 0.3) is 0 Å². The standard InChI is InChI=1S/C21H30N6O2/c1-16-4-5-19(23-22-16)25-11-7-18(28)21(14-25)9-3-10-26(15-21)20(29)8-13-27-12-6-17(2)24-27/h4-6,12,18,28H,3,7-11,13-15H2,1-2H3/t18-,21-/m1/s1. The number of aliphatic hydroxyl groups excluding tert-OH is 1. The molecule has 0 aromatic carbocycles. The molecule has 1 N–H and O–H groups in total. The van der Waals surface area contributed by atoms with Gasteiger partial charge in [0.15, 0.2) is 5.82 Å². The zero-order valence-electron chi connectivity index (χ0n) is 17.3. The molecule has 0 unspecified atom stereocenters. The van der Waals surface area contributed by atoms with Crippen LogP contribution in [0.15, 0.2) is 24.4 Å². The SMILES string of the molecule is Cc1ccc(N2CC[C@@H](O)[C@]3(CCCN(C(=O)CCn4ccc(C)n4)C3)C2)nn1. The summed E-state index contributed by atoms with van der Waals surface area (Å²) in [7, 11) is 0. The van der Waals surface area contributed by atoms with Gasteiger partial charge in [0.05, 0.1) is 17.5 Å². The quantitative estimate of drug-likeness (QED) is 0.841. The van der Waals surface area contributed by atoms with Crippen LogP contribution >= 0.6 is 0 Å². The number of likely N-dealkylation sites (tertiary alicyclic amines) is 1. The minimum Gasteiger partial charge on any atom is -0.392 e. The first kappa shape index (κ1) is 19.8. The summed E-state index contributed by atoms with van der Waals surface area (Å²) in [6.07, 6.45) is 4.46. The summed E-state index contributed by atoms with van der Waals surface area (Å²) < 4.78 is 1.82. The Morgan fingerprint density at radius 3 is 2.76 bits per heavy atom. The van der Waals surface area contributed by atoms with Gasteiger partial charge in [-0.05, 0) is 51.3 Å². The molecule has 1 spiro atoms. The molecule has 1 amide bonds. The van der Waals surface area contributed by atoms with E-state index in [-0.39, 0.29) is 11.3 Å². The number of nitrogens with zero attached hydrogens (tertiary/aromatic N) is 6. The van der Waals surface area contributed by atoms with Crippen molar-refractivity contribution >= 4 is 11.7 Å². The van der Waals surface area contributed by atoms with Gasteiger partial charge in [0.25, 0.3) is 0 Å². The predicted molar refractivity (Wildman–Crippen MR) is 109 cm³/mol. The third kappa shape index (κ3) is 4.27. The monoisotopic (exact) mass is 398 g/mol. The van der Waals surface area contributed by atoms with Crippen molar-refractivity contribution in [3.8, 4) is 0 Å². The van der Waals surface area contributed by atoms with Gasteiger partial charge in [-0.25, -0.2) is 0 Å². The molecule has 8 heteroatoms. The smallest absolute Gasteiger partial charge is 0.224 e. The van der Waals surface area contributed by atoms with E-state index in [1.807, 2.05) is 47.8 Å². The predicted octanol–water partition coefficient (Wildman–Crippen LogP) is 1.56. The van der Waals surface area contributed by atoms with Gasteiger partial charge in [-0.15, -0.1) is 5.10 Å². The van der Waals surface area contributed by atoms with Gasteiger partial charge >= 0.3 is 0 Å². The Hall–Kier alpha value is -2.48. The third-order valence-corrected chi connectivity index (χ3v) is 6.28. The van der Waals surface area contributed by atoms with Gasteiger partial charge in [0.1, 0.15) is 0 Å². The highest BCUT2D eigenvalue weighted by atomic mass is 16.3. The van der Waals surface area contributed by atoms with E-state index >= 15 is 0 Å². The van der Waals surface area contributed by atoms with E-state index in [1.165, 1.54) is 0 Å². The van der Waals surface area contributed by atoms with E-state index in [0.29, 0.717) is 32.5 Å². The van der Waals surface area contributed by atoms with Crippen LogP contribution in [-0.2, 0) is 11.3 Å². The second-order valence-corrected chi connectivity index (χ2v) is 8.51. The fraction of sp³-hybridized carbons (Fsp3) is 0.619. The van der Waals surface area contributed by atoms with Gasteiger partial charge in [-0.1, -0.05) is 0 Å². The van der Waals surface area contributed by atoms with Gasteiger partial charge in [-0.2, -0.15) is 10.2 Å². The second-order valence-electron chi connectivity index (χ2n) is 8.51. The molecule has 2 aliphatic rings. The molecule has 4 heterocycles. The molecular weight excluding hydrogens is 368 g/mol. The maximum absolute atomic E-state index is 12.9. The number of piperidine rings is 2. The molecule has 2 fully saturated rings. The Labute approximate surface area is 171 Å². The van der Waals surface area contributed by atoms with Gasteiger partial charge in [0, 0.05) is 50.8 Å². The summed E-state index contributed by atoms with van der Waals surface area (Å²) in [5, 5.41) is 23.8. The van der Waals surface area contributed by atoms with Crippen molar-refractivity contribution in [2.24, 2.45) is 5.41 Å². The first-order valence-electron chi connectivity index (χ1n) is 10.5. The maximum atomic E-state index is 12.9. The van der Waals surface area contributed by atoms with E-state index in [4.69, 9.17) is 0 Å². The van der Waals surface area contributed by atoms with E-state index in [1.54, 1.807) is 0 Å². The third-order valence-electron chi connectivity index (χ3n) is 6.28. The number of carbonyl (C=O) groups excluding carboxylic acids is 1. The fourth-order valence-electron chi connectivity index (χ4n) is 4.64. The highest BCUT2D eigenvalue weighted by Crippen LogP contribution is 2.40. The summed E-state index contributed by atoms with van der Waals surface area (Å²) >= 11 is 0. The van der Waals surface area contributed by atoms with Crippen molar-refractivity contribution in [3.63, 3.8) is 0 Å². The van der Waals surface area contributed by atoms with E-state index in [0.717, 1.165) is 43.1 Å². The molecule has 156 valence electrons. The van der Waals surface area contributed by atoms with E-state index < -0.39 is 6.10 Å². The van der Waals surface area contributed by atoms with Crippen LogP contribution in [0.1, 0.15) is 37.1 Å². The molecule has 0 aliphatic carbocycles. The number of hydrogen-bond acceptors (Lipinski definition) is 6. The minimum absolute atomic E-state index is 0.136. The normalized spacial score (nSPS) is 24.9. The minimum atomic E-state index is -0.401. The molecule has 2 aliphatic heterocycles. The Morgan fingerprint density at radius 2 is 2.03 bits per heavy atom. The lowest BCUT2D eigenvalue weighted by Gasteiger charge is -2.51. The number of aliphatic hydroxyl groups is 1. The molecular formula is C21H30N6O2. The van der Waals surface area contributed by atoms with Crippen molar-refractivity contribution in [1.29, 1.82) is 0 Å². The molecule has 0 bridgehead atoms. The van der Waals surface area contributed by atoms with Crippen LogP contribution in [0.3, 0.4) is 0 Å². The number of aryl methyl sites for hydroxylation is 3. The van der Waals surface area contributed by atoms with Gasteiger partial charge in [0.2, 0.25) is 5.91 Å². The van der Waals surface area contributed by atoms with Gasteiger partial charge < -0.3 is 14.9 Å². The zero-order valence-corrected chi connectivity index (χ0v) is 17.3. The number of aromatic nitrogens is 4. The molecule has 4 rings (SSSR count). The largest absolute Gasteiger partial charge is 0.392 e. The Bertz CT molecular complexity index is 851. The fourth-order valence-corrected chi connectivity index (χ4v) is 4.64. The molecule has 0 radical (unpaired) electrons. The van der Waals surface area contributed by atoms with Crippen LogP contribution in [0.5, 0.6) is 0 Å². The number of hydrogen-bond donors (Lipinski definition) is 1. The zero-order chi connectivity index (χ0) is 20.4. The summed E-state index contributed by atoms with van der Waals surface area (Å²) in [5.41, 5.74) is 1.54. The topological polar surface area (TPSA) is 87.4 Å². The molecule has 2 aromatic rings. The van der Waals surface area contributed by atoms with Crippen molar-refractivity contribution in [3.05, 3.63) is 35.8 Å². The van der Waals surface area contributed by atoms with Crippen molar-refractivity contribution in [2.45, 2.75) is 52.2 Å². The van der Waals surface area contributed by atoms with Crippen molar-refractivity contribution in [1.82, 2.24) is 24.9 Å². The number of anilines is 1. The number of amides is 1. The summed E-state index contributed by atoms with van der Waals surface area (Å²) in [6, 6.07) is 5.90. The summed E-state index contributed by atoms with van der Waals surface area (Å²) in [6.45, 7) is 7.27. The number of rotatable bonds is 4. The van der Waals surface area contributed by atoms with Crippen molar-refractivity contribution in [2.75, 3.05) is 31.1 Å². The van der Waals surface area contributed by atoms with Crippen LogP contribution < -0.4 is 4.90 Å². The first-order valence-corrected chi connectivity index (χ1v) is 10.5. The van der Waals surface area contributed by atoms with E-state index in [2.05, 4.69) is 20.2 Å². The number of carbonyl (C=O) groups is 1. The highest BCUT2D eigenvalue weighted by molar-refractivity contribution is 5.76.